The molecule has 0 atom stereocenters. The molecule has 1 aliphatic carbocycles. The van der Waals surface area contributed by atoms with Crippen LogP contribution in [0.1, 0.15) is 24.0 Å². The molecule has 0 heterocycles. The second-order valence-corrected chi connectivity index (χ2v) is 6.15. The van der Waals surface area contributed by atoms with E-state index in [4.69, 9.17) is 0 Å². The second-order valence-electron chi connectivity index (χ2n) is 6.15. The molecule has 1 fully saturated rings. The van der Waals surface area contributed by atoms with Gasteiger partial charge in [0, 0.05) is 18.8 Å². The van der Waals surface area contributed by atoms with Gasteiger partial charge in [0.1, 0.15) is 11.7 Å². The van der Waals surface area contributed by atoms with Crippen LogP contribution in [0.5, 0.6) is 0 Å². The maximum absolute atomic E-state index is 14.8. The van der Waals surface area contributed by atoms with E-state index in [1.165, 1.54) is 7.05 Å². The van der Waals surface area contributed by atoms with Crippen LogP contribution in [0.25, 0.3) is 0 Å². The third kappa shape index (κ3) is 4.10. The zero-order valence-corrected chi connectivity index (χ0v) is 14.4. The van der Waals surface area contributed by atoms with Crippen LogP contribution in [-0.2, 0) is 11.0 Å². The molecule has 2 aromatic rings. The summed E-state index contributed by atoms with van der Waals surface area (Å²) < 4.78 is 54.5. The number of hydrogen-bond donors (Lipinski definition) is 1. The monoisotopic (exact) mass is 379 g/mol. The Morgan fingerprint density at radius 2 is 1.89 bits per heavy atom. The van der Waals surface area contributed by atoms with Crippen molar-refractivity contribution in [2.45, 2.75) is 25.1 Å². The molecule has 142 valence electrons. The first kappa shape index (κ1) is 18.9. The zero-order chi connectivity index (χ0) is 19.6. The van der Waals surface area contributed by atoms with Crippen molar-refractivity contribution in [3.8, 4) is 0 Å². The molecule has 1 N–H and O–H groups in total. The van der Waals surface area contributed by atoms with E-state index in [0.29, 0.717) is 18.2 Å². The molecule has 4 nitrogen and oxygen atoms in total. The Labute approximate surface area is 153 Å². The molecule has 1 aliphatic rings. The first-order valence-electron chi connectivity index (χ1n) is 8.29. The topological polar surface area (TPSA) is 44.7 Å². The van der Waals surface area contributed by atoms with E-state index < -0.39 is 17.6 Å². The summed E-state index contributed by atoms with van der Waals surface area (Å²) in [7, 11) is 1.42. The second kappa shape index (κ2) is 7.38. The van der Waals surface area contributed by atoms with Gasteiger partial charge in [-0.3, -0.25) is 14.7 Å². The van der Waals surface area contributed by atoms with Gasteiger partial charge in [0.2, 0.25) is 6.41 Å². The Morgan fingerprint density at radius 3 is 2.41 bits per heavy atom. The fourth-order valence-electron chi connectivity index (χ4n) is 2.70. The SMILES string of the molecule is C/N=C(/NC1CC1)c1c(F)cc(C(F)(F)F)cc1N(C=O)c1ccccc1. The summed E-state index contributed by atoms with van der Waals surface area (Å²) in [6, 6.07) is 9.35. The molecule has 0 saturated heterocycles. The number of nitrogens with one attached hydrogen (secondary N) is 1. The van der Waals surface area contributed by atoms with Crippen molar-refractivity contribution in [2.24, 2.45) is 4.99 Å². The normalized spacial score (nSPS) is 14.8. The van der Waals surface area contributed by atoms with Gasteiger partial charge in [-0.2, -0.15) is 13.2 Å². The van der Waals surface area contributed by atoms with Crippen LogP contribution in [0.15, 0.2) is 47.5 Å². The summed E-state index contributed by atoms with van der Waals surface area (Å²) in [5.41, 5.74) is -1.26. The lowest BCUT2D eigenvalue weighted by Crippen LogP contribution is -2.30. The minimum absolute atomic E-state index is 0.0969. The molecular weight excluding hydrogens is 362 g/mol. The number of para-hydroxylation sites is 1. The molecule has 1 amide bonds. The smallest absolute Gasteiger partial charge is 0.367 e. The number of aliphatic imine (C=N–C) groups is 1. The molecule has 0 aliphatic heterocycles. The number of benzene rings is 2. The largest absolute Gasteiger partial charge is 0.416 e. The summed E-state index contributed by atoms with van der Waals surface area (Å²) in [6.45, 7) is 0. The van der Waals surface area contributed by atoms with Crippen molar-refractivity contribution < 1.29 is 22.4 Å². The van der Waals surface area contributed by atoms with E-state index in [9.17, 15) is 22.4 Å². The van der Waals surface area contributed by atoms with E-state index in [1.54, 1.807) is 30.3 Å². The molecule has 0 spiro atoms. The Balaban J connectivity index is 2.21. The third-order valence-corrected chi connectivity index (χ3v) is 4.17. The Hall–Kier alpha value is -2.90. The van der Waals surface area contributed by atoms with Crippen molar-refractivity contribution in [3.63, 3.8) is 0 Å². The van der Waals surface area contributed by atoms with E-state index in [0.717, 1.165) is 23.8 Å². The number of hydrogen-bond acceptors (Lipinski definition) is 2. The quantitative estimate of drug-likeness (QED) is 0.365. The molecule has 27 heavy (non-hydrogen) atoms. The highest BCUT2D eigenvalue weighted by molar-refractivity contribution is 6.07. The van der Waals surface area contributed by atoms with E-state index in [1.807, 2.05) is 0 Å². The van der Waals surface area contributed by atoms with Crippen LogP contribution in [0.3, 0.4) is 0 Å². The van der Waals surface area contributed by atoms with Gasteiger partial charge in [0.25, 0.3) is 0 Å². The van der Waals surface area contributed by atoms with Crippen LogP contribution >= 0.6 is 0 Å². The fraction of sp³-hybridized carbons (Fsp3) is 0.263. The maximum Gasteiger partial charge on any atom is 0.416 e. The van der Waals surface area contributed by atoms with Crippen LogP contribution in [-0.4, -0.2) is 25.3 Å². The molecule has 0 aromatic heterocycles. The van der Waals surface area contributed by atoms with E-state index in [-0.39, 0.29) is 23.1 Å². The standard InChI is InChI=1S/C19H17F4N3O/c1-24-18(25-13-7-8-13)17-15(20)9-12(19(21,22)23)10-16(17)26(11-27)14-5-3-2-4-6-14/h2-6,9-11,13H,7-8H2,1H3,(H,24,25). The zero-order valence-electron chi connectivity index (χ0n) is 14.4. The number of amides is 1. The predicted molar refractivity (Wildman–Crippen MR) is 94.7 cm³/mol. The third-order valence-electron chi connectivity index (χ3n) is 4.17. The number of anilines is 2. The van der Waals surface area contributed by atoms with Gasteiger partial charge < -0.3 is 5.32 Å². The highest BCUT2D eigenvalue weighted by atomic mass is 19.4. The average Bonchev–Trinajstić information content (AvgIpc) is 3.45. The molecule has 1 saturated carbocycles. The molecular formula is C19H17F4N3O. The van der Waals surface area contributed by atoms with Crippen molar-refractivity contribution >= 4 is 23.6 Å². The first-order valence-corrected chi connectivity index (χ1v) is 8.29. The van der Waals surface area contributed by atoms with Gasteiger partial charge in [-0.15, -0.1) is 0 Å². The number of nitrogens with zero attached hydrogens (tertiary/aromatic N) is 2. The van der Waals surface area contributed by atoms with Crippen molar-refractivity contribution in [3.05, 3.63) is 59.4 Å². The molecule has 0 radical (unpaired) electrons. The maximum atomic E-state index is 14.8. The van der Waals surface area contributed by atoms with Crippen LogP contribution < -0.4 is 10.2 Å². The van der Waals surface area contributed by atoms with Crippen molar-refractivity contribution in [1.82, 2.24) is 5.32 Å². The van der Waals surface area contributed by atoms with Crippen LogP contribution in [0.4, 0.5) is 28.9 Å². The lowest BCUT2D eigenvalue weighted by Gasteiger charge is -2.24. The molecule has 3 rings (SSSR count). The highest BCUT2D eigenvalue weighted by Crippen LogP contribution is 2.37. The highest BCUT2D eigenvalue weighted by Gasteiger charge is 2.35. The number of carbonyl (C=O) groups is 1. The molecule has 0 unspecified atom stereocenters. The fourth-order valence-corrected chi connectivity index (χ4v) is 2.70. The van der Waals surface area contributed by atoms with Gasteiger partial charge in [-0.1, -0.05) is 18.2 Å². The number of carbonyl (C=O) groups excluding carboxylic acids is 1. The minimum Gasteiger partial charge on any atom is -0.367 e. The Bertz CT molecular complexity index is 861. The minimum atomic E-state index is -4.76. The summed E-state index contributed by atoms with van der Waals surface area (Å²) >= 11 is 0. The van der Waals surface area contributed by atoms with Crippen molar-refractivity contribution in [2.75, 3.05) is 11.9 Å². The summed E-state index contributed by atoms with van der Waals surface area (Å²) in [5, 5.41) is 3.01. The van der Waals surface area contributed by atoms with Gasteiger partial charge in [-0.05, 0) is 37.1 Å². The summed E-state index contributed by atoms with van der Waals surface area (Å²) in [6.07, 6.45) is -2.66. The lowest BCUT2D eigenvalue weighted by atomic mass is 10.0. The average molecular weight is 379 g/mol. The van der Waals surface area contributed by atoms with Gasteiger partial charge >= 0.3 is 6.18 Å². The Kier molecular flexibility index (Phi) is 5.16. The predicted octanol–water partition coefficient (Wildman–Crippen LogP) is 4.27. The van der Waals surface area contributed by atoms with E-state index in [2.05, 4.69) is 10.3 Å². The van der Waals surface area contributed by atoms with Gasteiger partial charge in [0.15, 0.2) is 0 Å². The number of alkyl halides is 3. The molecule has 8 heteroatoms. The molecule has 2 aromatic carbocycles. The van der Waals surface area contributed by atoms with Gasteiger partial charge in [0.05, 0.1) is 16.8 Å². The summed E-state index contributed by atoms with van der Waals surface area (Å²) in [5.74, 6) is -0.988. The summed E-state index contributed by atoms with van der Waals surface area (Å²) in [4.78, 5) is 16.7. The first-order chi connectivity index (χ1) is 12.8. The lowest BCUT2D eigenvalue weighted by molar-refractivity contribution is -0.137. The van der Waals surface area contributed by atoms with Crippen LogP contribution in [0.2, 0.25) is 0 Å². The van der Waals surface area contributed by atoms with Crippen molar-refractivity contribution in [1.29, 1.82) is 0 Å². The number of amidine groups is 1. The van der Waals surface area contributed by atoms with Gasteiger partial charge in [-0.25, -0.2) is 4.39 Å². The van der Waals surface area contributed by atoms with Crippen LogP contribution in [0, 0.1) is 5.82 Å². The molecule has 0 bridgehead atoms. The number of halogens is 4. The van der Waals surface area contributed by atoms with E-state index >= 15 is 0 Å². The Morgan fingerprint density at radius 1 is 1.22 bits per heavy atom. The number of rotatable bonds is 5.